The van der Waals surface area contributed by atoms with E-state index >= 15 is 0 Å². The maximum Gasteiger partial charge on any atom is 0.237 e. The van der Waals surface area contributed by atoms with Crippen molar-refractivity contribution in [3.8, 4) is 0 Å². The van der Waals surface area contributed by atoms with E-state index in [0.29, 0.717) is 19.7 Å². The van der Waals surface area contributed by atoms with Crippen LogP contribution in [0.15, 0.2) is 0 Å². The van der Waals surface area contributed by atoms with Crippen LogP contribution in [0.3, 0.4) is 0 Å². The van der Waals surface area contributed by atoms with Crippen LogP contribution in [0.1, 0.15) is 20.3 Å². The first-order chi connectivity index (χ1) is 9.54. The van der Waals surface area contributed by atoms with Gasteiger partial charge < -0.3 is 15.2 Å². The summed E-state index contributed by atoms with van der Waals surface area (Å²) in [5.74, 6) is 0.0880. The molecular weight excluding hydrogens is 258 g/mol. The molecule has 0 spiro atoms. The van der Waals surface area contributed by atoms with Crippen LogP contribution in [0.25, 0.3) is 0 Å². The number of amides is 1. The molecule has 0 saturated carbocycles. The Balaban J connectivity index is 2.24. The van der Waals surface area contributed by atoms with Crippen molar-refractivity contribution in [1.29, 1.82) is 0 Å². The van der Waals surface area contributed by atoms with E-state index in [9.17, 15) is 9.90 Å². The maximum atomic E-state index is 12.0. The van der Waals surface area contributed by atoms with Crippen LogP contribution >= 0.6 is 0 Å². The standard InChI is InChI=1S/C14H29N3O3/c1-12(18)11-16-6-8-17(9-7-16)13(2)14(19)15-5-4-10-20-3/h12-13,18H,4-11H2,1-3H3,(H,15,19)/t12-,13-/m0/s1. The molecule has 118 valence electrons. The minimum Gasteiger partial charge on any atom is -0.392 e. The molecule has 0 aliphatic carbocycles. The number of aliphatic hydroxyl groups is 1. The van der Waals surface area contributed by atoms with E-state index in [2.05, 4.69) is 15.1 Å². The number of aliphatic hydroxyl groups excluding tert-OH is 1. The SMILES string of the molecule is COCCCNC(=O)[C@H](C)N1CCN(C[C@H](C)O)CC1. The van der Waals surface area contributed by atoms with Crippen molar-refractivity contribution in [1.82, 2.24) is 15.1 Å². The van der Waals surface area contributed by atoms with Gasteiger partial charge in [0.1, 0.15) is 0 Å². The Morgan fingerprint density at radius 2 is 1.95 bits per heavy atom. The minimum absolute atomic E-state index is 0.0880. The molecule has 20 heavy (non-hydrogen) atoms. The highest BCUT2D eigenvalue weighted by Crippen LogP contribution is 2.07. The fraction of sp³-hybridized carbons (Fsp3) is 0.929. The van der Waals surface area contributed by atoms with Gasteiger partial charge in [-0.1, -0.05) is 0 Å². The van der Waals surface area contributed by atoms with Gasteiger partial charge in [0.25, 0.3) is 0 Å². The van der Waals surface area contributed by atoms with E-state index < -0.39 is 0 Å². The number of hydrogen-bond donors (Lipinski definition) is 2. The van der Waals surface area contributed by atoms with Crippen LogP contribution in [-0.4, -0.2) is 85.9 Å². The smallest absolute Gasteiger partial charge is 0.237 e. The Bertz CT molecular complexity index is 279. The van der Waals surface area contributed by atoms with Crippen molar-refractivity contribution in [3.63, 3.8) is 0 Å². The van der Waals surface area contributed by atoms with Gasteiger partial charge in [-0.2, -0.15) is 0 Å². The van der Waals surface area contributed by atoms with Gasteiger partial charge in [-0.15, -0.1) is 0 Å². The number of nitrogens with zero attached hydrogens (tertiary/aromatic N) is 2. The Hall–Kier alpha value is -0.690. The first-order valence-corrected chi connectivity index (χ1v) is 7.45. The molecule has 1 saturated heterocycles. The van der Waals surface area contributed by atoms with Crippen LogP contribution in [0, 0.1) is 0 Å². The largest absolute Gasteiger partial charge is 0.392 e. The van der Waals surface area contributed by atoms with E-state index in [0.717, 1.165) is 32.6 Å². The second kappa shape index (κ2) is 9.28. The fourth-order valence-corrected chi connectivity index (χ4v) is 2.45. The number of carbonyl (C=O) groups excluding carboxylic acids is 1. The lowest BCUT2D eigenvalue weighted by Gasteiger charge is -2.37. The second-order valence-corrected chi connectivity index (χ2v) is 5.50. The molecule has 1 aliphatic rings. The summed E-state index contributed by atoms with van der Waals surface area (Å²) in [6.45, 7) is 9.38. The summed E-state index contributed by atoms with van der Waals surface area (Å²) in [6.07, 6.45) is 0.556. The maximum absolute atomic E-state index is 12.0. The summed E-state index contributed by atoms with van der Waals surface area (Å²) in [5, 5.41) is 12.3. The molecule has 0 aromatic carbocycles. The van der Waals surface area contributed by atoms with Crippen LogP contribution < -0.4 is 5.32 Å². The number of piperazine rings is 1. The first kappa shape index (κ1) is 17.4. The lowest BCUT2D eigenvalue weighted by molar-refractivity contribution is -0.126. The predicted molar refractivity (Wildman–Crippen MR) is 78.7 cm³/mol. The molecule has 1 amide bonds. The van der Waals surface area contributed by atoms with Gasteiger partial charge in [-0.3, -0.25) is 14.6 Å². The summed E-state index contributed by atoms with van der Waals surface area (Å²) in [5.41, 5.74) is 0. The molecule has 6 nitrogen and oxygen atoms in total. The van der Waals surface area contributed by atoms with Crippen molar-refractivity contribution in [3.05, 3.63) is 0 Å². The van der Waals surface area contributed by atoms with Crippen molar-refractivity contribution >= 4 is 5.91 Å². The van der Waals surface area contributed by atoms with Gasteiger partial charge >= 0.3 is 0 Å². The third-order valence-corrected chi connectivity index (χ3v) is 3.68. The highest BCUT2D eigenvalue weighted by Gasteiger charge is 2.25. The number of nitrogens with one attached hydrogen (secondary N) is 1. The number of ether oxygens (including phenoxy) is 1. The summed E-state index contributed by atoms with van der Waals surface area (Å²) in [6, 6.07) is -0.0914. The molecule has 2 N–H and O–H groups in total. The van der Waals surface area contributed by atoms with Gasteiger partial charge in [0, 0.05) is 53.0 Å². The van der Waals surface area contributed by atoms with E-state index in [1.165, 1.54) is 0 Å². The second-order valence-electron chi connectivity index (χ2n) is 5.50. The molecule has 6 heteroatoms. The number of hydrogen-bond acceptors (Lipinski definition) is 5. The number of β-amino-alcohol motifs (C(OH)–C–C–N with tert-alkyl or cyclic N) is 1. The lowest BCUT2D eigenvalue weighted by atomic mass is 10.2. The van der Waals surface area contributed by atoms with Crippen molar-refractivity contribution in [2.45, 2.75) is 32.4 Å². The average Bonchev–Trinajstić information content (AvgIpc) is 2.43. The Labute approximate surface area is 122 Å². The molecule has 0 unspecified atom stereocenters. The highest BCUT2D eigenvalue weighted by molar-refractivity contribution is 5.81. The first-order valence-electron chi connectivity index (χ1n) is 7.45. The van der Waals surface area contributed by atoms with Crippen molar-refractivity contribution in [2.75, 3.05) is 53.0 Å². The van der Waals surface area contributed by atoms with Crippen molar-refractivity contribution in [2.24, 2.45) is 0 Å². The lowest BCUT2D eigenvalue weighted by Crippen LogP contribution is -2.54. The zero-order chi connectivity index (χ0) is 15.0. The molecule has 0 radical (unpaired) electrons. The van der Waals surface area contributed by atoms with Crippen LogP contribution in [0.5, 0.6) is 0 Å². The Morgan fingerprint density at radius 3 is 2.50 bits per heavy atom. The van der Waals surface area contributed by atoms with E-state index in [1.54, 1.807) is 7.11 Å². The van der Waals surface area contributed by atoms with Crippen LogP contribution in [0.2, 0.25) is 0 Å². The fourth-order valence-electron chi connectivity index (χ4n) is 2.45. The summed E-state index contributed by atoms with van der Waals surface area (Å²) < 4.78 is 4.96. The zero-order valence-electron chi connectivity index (χ0n) is 13.0. The molecular formula is C14H29N3O3. The number of carbonyl (C=O) groups is 1. The molecule has 1 fully saturated rings. The minimum atomic E-state index is -0.289. The summed E-state index contributed by atoms with van der Waals surface area (Å²) in [7, 11) is 1.66. The number of rotatable bonds is 8. The summed E-state index contributed by atoms with van der Waals surface area (Å²) in [4.78, 5) is 16.5. The van der Waals surface area contributed by atoms with Gasteiger partial charge in [0.05, 0.1) is 12.1 Å². The predicted octanol–water partition coefficient (Wildman–Crippen LogP) is -0.474. The van der Waals surface area contributed by atoms with Gasteiger partial charge in [0.2, 0.25) is 5.91 Å². The normalized spacial score (nSPS) is 20.6. The van der Waals surface area contributed by atoms with E-state index in [-0.39, 0.29) is 18.1 Å². The third-order valence-electron chi connectivity index (χ3n) is 3.68. The van der Waals surface area contributed by atoms with E-state index in [1.807, 2.05) is 13.8 Å². The average molecular weight is 287 g/mol. The van der Waals surface area contributed by atoms with Crippen molar-refractivity contribution < 1.29 is 14.6 Å². The quantitative estimate of drug-likeness (QED) is 0.591. The zero-order valence-corrected chi connectivity index (χ0v) is 13.0. The molecule has 1 rings (SSSR count). The van der Waals surface area contributed by atoms with Crippen LogP contribution in [0.4, 0.5) is 0 Å². The topological polar surface area (TPSA) is 65.0 Å². The molecule has 1 aliphatic heterocycles. The molecule has 0 bridgehead atoms. The monoisotopic (exact) mass is 287 g/mol. The van der Waals surface area contributed by atoms with E-state index in [4.69, 9.17) is 4.74 Å². The Morgan fingerprint density at radius 1 is 1.30 bits per heavy atom. The van der Waals surface area contributed by atoms with Gasteiger partial charge in [-0.05, 0) is 20.3 Å². The molecule has 0 aromatic rings. The number of methoxy groups -OCH3 is 1. The Kier molecular flexibility index (Phi) is 8.06. The molecule has 1 heterocycles. The highest BCUT2D eigenvalue weighted by atomic mass is 16.5. The molecule has 0 aromatic heterocycles. The third kappa shape index (κ3) is 6.17. The molecule has 2 atom stereocenters. The van der Waals surface area contributed by atoms with Crippen LogP contribution in [-0.2, 0) is 9.53 Å². The summed E-state index contributed by atoms with van der Waals surface area (Å²) >= 11 is 0. The van der Waals surface area contributed by atoms with Gasteiger partial charge in [-0.25, -0.2) is 0 Å². The van der Waals surface area contributed by atoms with Gasteiger partial charge in [0.15, 0.2) is 0 Å².